The van der Waals surface area contributed by atoms with E-state index in [1.54, 1.807) is 18.2 Å². The van der Waals surface area contributed by atoms with Crippen molar-refractivity contribution in [3.8, 4) is 0 Å². The Balaban J connectivity index is 1.95. The number of halogens is 2. The molecule has 2 aromatic rings. The number of hydrogen-bond acceptors (Lipinski definition) is 5. The van der Waals surface area contributed by atoms with Gasteiger partial charge in [0.2, 0.25) is 0 Å². The lowest BCUT2D eigenvalue weighted by Crippen LogP contribution is -2.35. The normalized spacial score (nSPS) is 31.9. The van der Waals surface area contributed by atoms with E-state index in [9.17, 15) is 15.3 Å². The topological polar surface area (TPSA) is 98.6 Å². The van der Waals surface area contributed by atoms with Gasteiger partial charge in [-0.05, 0) is 18.2 Å². The number of rotatable bonds is 2. The van der Waals surface area contributed by atoms with Gasteiger partial charge in [0.15, 0.2) is 5.56 Å². The molecule has 2 heterocycles. The third-order valence-corrected chi connectivity index (χ3v) is 3.79. The lowest BCUT2D eigenvalue weighted by molar-refractivity contribution is -0.0392. The Morgan fingerprint density at radius 3 is 2.70 bits per heavy atom. The monoisotopic (exact) mass is 318 g/mol. The lowest BCUT2D eigenvalue weighted by atomic mass is 10.1. The molecule has 0 aliphatic carbocycles. The van der Waals surface area contributed by atoms with Crippen LogP contribution in [-0.4, -0.2) is 49.2 Å². The number of hydrogen-bond donors (Lipinski definition) is 4. The Morgan fingerprint density at radius 1 is 1.30 bits per heavy atom. The molecule has 5 atom stereocenters. The van der Waals surface area contributed by atoms with Gasteiger partial charge in [-0.2, -0.15) is 0 Å². The van der Waals surface area contributed by atoms with Gasteiger partial charge in [0.1, 0.15) is 30.2 Å². The van der Waals surface area contributed by atoms with Crippen LogP contribution in [0.4, 0.5) is 0 Å². The highest BCUT2D eigenvalue weighted by molar-refractivity contribution is 6.31. The quantitative estimate of drug-likeness (QED) is 0.618. The molecule has 4 N–H and O–H groups in total. The van der Waals surface area contributed by atoms with Crippen LogP contribution in [0.2, 0.25) is 5.02 Å². The van der Waals surface area contributed by atoms with E-state index in [0.29, 0.717) is 21.9 Å². The number of H-pyrrole nitrogens is 1. The smallest absolute Gasteiger partial charge is 0.156 e. The van der Waals surface area contributed by atoms with Crippen LogP contribution in [0.25, 0.3) is 11.0 Å². The highest BCUT2D eigenvalue weighted by Crippen LogP contribution is 2.35. The number of aromatic nitrogens is 2. The van der Waals surface area contributed by atoms with Gasteiger partial charge in [-0.15, -0.1) is 0 Å². The molecule has 0 amide bonds. The average molecular weight is 319 g/mol. The third-order valence-electron chi connectivity index (χ3n) is 3.30. The maximum Gasteiger partial charge on any atom is 0.156 e. The van der Waals surface area contributed by atoms with Crippen LogP contribution >= 0.6 is 23.2 Å². The second-order valence-electron chi connectivity index (χ2n) is 4.66. The number of ether oxygens (including phenoxy) is 1. The third kappa shape index (κ3) is 2.28. The zero-order valence-corrected chi connectivity index (χ0v) is 11.6. The second kappa shape index (κ2) is 5.14. The molecule has 1 aromatic heterocycles. The number of nitrogens with one attached hydrogen (secondary N) is 1. The molecule has 108 valence electrons. The zero-order valence-electron chi connectivity index (χ0n) is 10.1. The fourth-order valence-electron chi connectivity index (χ4n) is 2.29. The molecular formula is C12H12Cl2N2O4. The van der Waals surface area contributed by atoms with Crippen LogP contribution in [-0.2, 0) is 4.74 Å². The molecule has 1 saturated heterocycles. The number of aromatic amines is 1. The van der Waals surface area contributed by atoms with Crippen molar-refractivity contribution in [2.24, 2.45) is 0 Å². The zero-order chi connectivity index (χ0) is 14.4. The molecule has 0 radical (unpaired) electrons. The van der Waals surface area contributed by atoms with E-state index >= 15 is 0 Å². The molecule has 1 aromatic carbocycles. The van der Waals surface area contributed by atoms with E-state index in [-0.39, 0.29) is 0 Å². The Bertz CT molecular complexity index is 633. The first-order valence-electron chi connectivity index (χ1n) is 5.96. The maximum atomic E-state index is 9.98. The summed E-state index contributed by atoms with van der Waals surface area (Å²) in [6.07, 6.45) is -4.49. The molecule has 0 bridgehead atoms. The number of alkyl halides is 1. The minimum atomic E-state index is -1.41. The number of fused-ring (bicyclic) bond motifs is 1. The molecular weight excluding hydrogens is 307 g/mol. The molecule has 8 heteroatoms. The van der Waals surface area contributed by atoms with Crippen molar-refractivity contribution in [2.75, 3.05) is 0 Å². The van der Waals surface area contributed by atoms with Gasteiger partial charge in [-0.3, -0.25) is 0 Å². The largest absolute Gasteiger partial charge is 0.387 e. The summed E-state index contributed by atoms with van der Waals surface area (Å²) < 4.78 is 5.38. The van der Waals surface area contributed by atoms with E-state index in [1.165, 1.54) is 0 Å². The molecule has 0 spiro atoms. The Morgan fingerprint density at radius 2 is 2.05 bits per heavy atom. The summed E-state index contributed by atoms with van der Waals surface area (Å²) in [4.78, 5) is 7.25. The predicted molar refractivity (Wildman–Crippen MR) is 72.6 cm³/mol. The average Bonchev–Trinajstić information content (AvgIpc) is 2.92. The molecule has 2 unspecified atom stereocenters. The molecule has 0 saturated carbocycles. The van der Waals surface area contributed by atoms with Crippen LogP contribution in [0.3, 0.4) is 0 Å². The minimum Gasteiger partial charge on any atom is -0.387 e. The van der Waals surface area contributed by atoms with Crippen molar-refractivity contribution >= 4 is 34.2 Å². The summed E-state index contributed by atoms with van der Waals surface area (Å²) in [5, 5.41) is 29.6. The first kappa shape index (κ1) is 14.1. The van der Waals surface area contributed by atoms with Crippen molar-refractivity contribution in [2.45, 2.75) is 30.0 Å². The maximum absolute atomic E-state index is 9.98. The van der Waals surface area contributed by atoms with Gasteiger partial charge in [-0.1, -0.05) is 23.2 Å². The van der Waals surface area contributed by atoms with Gasteiger partial charge in [-0.25, -0.2) is 4.98 Å². The molecule has 6 nitrogen and oxygen atoms in total. The summed E-state index contributed by atoms with van der Waals surface area (Å²) in [5.41, 5.74) is -0.0688. The van der Waals surface area contributed by atoms with Crippen LogP contribution in [0.1, 0.15) is 11.9 Å². The second-order valence-corrected chi connectivity index (χ2v) is 5.54. The van der Waals surface area contributed by atoms with Crippen LogP contribution in [0, 0.1) is 0 Å². The minimum absolute atomic E-state index is 0.341. The first-order valence-corrected chi connectivity index (χ1v) is 6.77. The predicted octanol–water partition coefficient (Wildman–Crippen LogP) is 0.935. The summed E-state index contributed by atoms with van der Waals surface area (Å²) in [5.74, 6) is 0.341. The highest BCUT2D eigenvalue weighted by Gasteiger charge is 2.47. The number of aliphatic hydroxyl groups excluding tert-OH is 3. The summed E-state index contributed by atoms with van der Waals surface area (Å²) >= 11 is 11.4. The molecule has 1 fully saturated rings. The summed E-state index contributed by atoms with van der Waals surface area (Å²) in [7, 11) is 0. The summed E-state index contributed by atoms with van der Waals surface area (Å²) in [6.45, 7) is 0. The molecule has 3 rings (SSSR count). The van der Waals surface area contributed by atoms with E-state index in [4.69, 9.17) is 27.9 Å². The SMILES string of the molecule is OC(Cl)[C@H]1OC(c2nc3ccc(Cl)cc3[nH]2)[C@H](O)[C@@H]1O. The Labute approximate surface area is 123 Å². The lowest BCUT2D eigenvalue weighted by Gasteiger charge is -2.14. The van der Waals surface area contributed by atoms with Gasteiger partial charge >= 0.3 is 0 Å². The number of aliphatic hydroxyl groups is 3. The fraction of sp³-hybridized carbons (Fsp3) is 0.417. The fourth-order valence-corrected chi connectivity index (χ4v) is 2.67. The number of nitrogens with zero attached hydrogens (tertiary/aromatic N) is 1. The van der Waals surface area contributed by atoms with E-state index in [1.807, 2.05) is 0 Å². The van der Waals surface area contributed by atoms with Gasteiger partial charge in [0, 0.05) is 5.02 Å². The summed E-state index contributed by atoms with van der Waals surface area (Å²) in [6, 6.07) is 5.11. The van der Waals surface area contributed by atoms with Gasteiger partial charge in [0.25, 0.3) is 0 Å². The number of imidazole rings is 1. The van der Waals surface area contributed by atoms with Gasteiger partial charge < -0.3 is 25.0 Å². The van der Waals surface area contributed by atoms with Crippen molar-refractivity contribution in [3.63, 3.8) is 0 Å². The highest BCUT2D eigenvalue weighted by atomic mass is 35.5. The van der Waals surface area contributed by atoms with Crippen LogP contribution < -0.4 is 0 Å². The van der Waals surface area contributed by atoms with Crippen LogP contribution in [0.5, 0.6) is 0 Å². The Hall–Kier alpha value is -0.890. The molecule has 20 heavy (non-hydrogen) atoms. The van der Waals surface area contributed by atoms with E-state index in [2.05, 4.69) is 9.97 Å². The van der Waals surface area contributed by atoms with Crippen molar-refractivity contribution < 1.29 is 20.1 Å². The Kier molecular flexibility index (Phi) is 3.62. The van der Waals surface area contributed by atoms with E-state index < -0.39 is 30.0 Å². The van der Waals surface area contributed by atoms with Crippen molar-refractivity contribution in [3.05, 3.63) is 29.0 Å². The number of benzene rings is 1. The van der Waals surface area contributed by atoms with Crippen molar-refractivity contribution in [1.29, 1.82) is 0 Å². The van der Waals surface area contributed by atoms with Gasteiger partial charge in [0.05, 0.1) is 11.0 Å². The van der Waals surface area contributed by atoms with Crippen LogP contribution in [0.15, 0.2) is 18.2 Å². The molecule has 1 aliphatic rings. The van der Waals surface area contributed by atoms with E-state index in [0.717, 1.165) is 0 Å². The molecule has 1 aliphatic heterocycles. The first-order chi connectivity index (χ1) is 9.47. The van der Waals surface area contributed by atoms with Crippen molar-refractivity contribution in [1.82, 2.24) is 9.97 Å². The standard InChI is InChI=1S/C12H12Cl2N2O4/c13-4-1-2-5-6(3-4)16-12(15-5)10-8(18)7(17)9(20-10)11(14)19/h1-3,7-11,17-19H,(H,15,16)/t7-,8+,9-,10?,11?/m0/s1.